The van der Waals surface area contributed by atoms with E-state index in [2.05, 4.69) is 45.4 Å². The van der Waals surface area contributed by atoms with Gasteiger partial charge in [0.2, 0.25) is 5.95 Å². The maximum Gasteiger partial charge on any atom is 0.229 e. The van der Waals surface area contributed by atoms with Crippen LogP contribution >= 0.6 is 11.6 Å². The molecular formula is C22H27ClN6. The van der Waals surface area contributed by atoms with Gasteiger partial charge in [-0.25, -0.2) is 4.98 Å². The second-order valence-electron chi connectivity index (χ2n) is 8.74. The molecule has 2 saturated heterocycles. The standard InChI is InChI=1S/C22H27ClN6/c1-14-6-7-16(9-15(14)12-24)27-21-25-13-19(23)20(28-21)26-17-10-18-5-4-8-29(18)22(2,3)11-17/h6-7,9,13,17-18H,4-5,8,10-11H2,1-3H3,(H2,25,26,27,28)/t17-,18-/m1/s1. The molecule has 0 radical (unpaired) electrons. The summed E-state index contributed by atoms with van der Waals surface area (Å²) in [6.45, 7) is 7.78. The average Bonchev–Trinajstić information content (AvgIpc) is 3.15. The maximum atomic E-state index is 9.24. The summed E-state index contributed by atoms with van der Waals surface area (Å²) in [5.41, 5.74) is 2.53. The highest BCUT2D eigenvalue weighted by Gasteiger charge is 2.42. The van der Waals surface area contributed by atoms with Crippen LogP contribution in [-0.4, -0.2) is 39.0 Å². The van der Waals surface area contributed by atoms with Gasteiger partial charge in [-0.15, -0.1) is 0 Å². The van der Waals surface area contributed by atoms with E-state index in [1.54, 1.807) is 12.3 Å². The van der Waals surface area contributed by atoms with Crippen molar-refractivity contribution in [2.24, 2.45) is 0 Å². The molecule has 4 rings (SSSR count). The van der Waals surface area contributed by atoms with Crippen LogP contribution in [0.3, 0.4) is 0 Å². The van der Waals surface area contributed by atoms with Gasteiger partial charge in [-0.2, -0.15) is 10.2 Å². The molecule has 152 valence electrons. The molecule has 2 aromatic rings. The molecule has 0 amide bonds. The number of nitrogens with one attached hydrogen (secondary N) is 2. The van der Waals surface area contributed by atoms with Gasteiger partial charge in [0.1, 0.15) is 5.02 Å². The molecule has 6 nitrogen and oxygen atoms in total. The molecule has 0 spiro atoms. The molecule has 2 aliphatic heterocycles. The smallest absolute Gasteiger partial charge is 0.229 e. The third kappa shape index (κ3) is 4.17. The van der Waals surface area contributed by atoms with Crippen LogP contribution in [0.4, 0.5) is 17.5 Å². The summed E-state index contributed by atoms with van der Waals surface area (Å²) in [4.78, 5) is 11.6. The summed E-state index contributed by atoms with van der Waals surface area (Å²) in [5, 5.41) is 16.5. The third-order valence-electron chi connectivity index (χ3n) is 6.16. The lowest BCUT2D eigenvalue weighted by Crippen LogP contribution is -2.55. The third-order valence-corrected chi connectivity index (χ3v) is 6.43. The van der Waals surface area contributed by atoms with Crippen LogP contribution in [0.2, 0.25) is 5.02 Å². The van der Waals surface area contributed by atoms with E-state index in [1.807, 2.05) is 19.1 Å². The van der Waals surface area contributed by atoms with E-state index < -0.39 is 0 Å². The lowest BCUT2D eigenvalue weighted by atomic mass is 9.84. The minimum absolute atomic E-state index is 0.174. The van der Waals surface area contributed by atoms with Crippen molar-refractivity contribution in [3.8, 4) is 6.07 Å². The lowest BCUT2D eigenvalue weighted by Gasteiger charge is -2.47. The number of aryl methyl sites for hydroxylation is 1. The van der Waals surface area contributed by atoms with Gasteiger partial charge in [0.25, 0.3) is 0 Å². The number of fused-ring (bicyclic) bond motifs is 1. The first-order valence-electron chi connectivity index (χ1n) is 10.2. The first-order chi connectivity index (χ1) is 13.9. The van der Waals surface area contributed by atoms with Crippen LogP contribution in [-0.2, 0) is 0 Å². The van der Waals surface area contributed by atoms with Gasteiger partial charge in [-0.3, -0.25) is 4.90 Å². The summed E-state index contributed by atoms with van der Waals surface area (Å²) in [5.74, 6) is 1.12. The molecule has 1 aromatic heterocycles. The van der Waals surface area contributed by atoms with E-state index in [1.165, 1.54) is 19.4 Å². The molecular weight excluding hydrogens is 384 g/mol. The van der Waals surface area contributed by atoms with Crippen molar-refractivity contribution < 1.29 is 0 Å². The Labute approximate surface area is 177 Å². The molecule has 0 saturated carbocycles. The van der Waals surface area contributed by atoms with Crippen LogP contribution in [0.25, 0.3) is 0 Å². The summed E-state index contributed by atoms with van der Waals surface area (Å²) < 4.78 is 0. The molecule has 2 N–H and O–H groups in total. The van der Waals surface area contributed by atoms with E-state index in [0.717, 1.165) is 24.1 Å². The SMILES string of the molecule is Cc1ccc(Nc2ncc(Cl)c(N[C@@H]3C[C@H]4CCCN4C(C)(C)C3)n2)cc1C#N. The fourth-order valence-corrected chi connectivity index (χ4v) is 4.94. The normalized spacial score (nSPS) is 23.3. The minimum atomic E-state index is 0.174. The van der Waals surface area contributed by atoms with Crippen LogP contribution in [0.15, 0.2) is 24.4 Å². The molecule has 29 heavy (non-hydrogen) atoms. The topological polar surface area (TPSA) is 76.9 Å². The highest BCUT2D eigenvalue weighted by Crippen LogP contribution is 2.39. The first kappa shape index (κ1) is 19.9. The summed E-state index contributed by atoms with van der Waals surface area (Å²) >= 11 is 6.40. The number of hydrogen-bond acceptors (Lipinski definition) is 6. The Morgan fingerprint density at radius 2 is 2.17 bits per heavy atom. The fraction of sp³-hybridized carbons (Fsp3) is 0.500. The van der Waals surface area contributed by atoms with Gasteiger partial charge < -0.3 is 10.6 Å². The van der Waals surface area contributed by atoms with Gasteiger partial charge in [-0.1, -0.05) is 17.7 Å². The zero-order valence-electron chi connectivity index (χ0n) is 17.2. The Hall–Kier alpha value is -2.36. The van der Waals surface area contributed by atoms with Gasteiger partial charge >= 0.3 is 0 Å². The van der Waals surface area contributed by atoms with Gasteiger partial charge in [0.15, 0.2) is 5.82 Å². The van der Waals surface area contributed by atoms with Crippen LogP contribution in [0.5, 0.6) is 0 Å². The predicted octanol–water partition coefficient (Wildman–Crippen LogP) is 4.87. The van der Waals surface area contributed by atoms with Crippen molar-refractivity contribution in [2.45, 2.75) is 64.1 Å². The Morgan fingerprint density at radius 3 is 2.97 bits per heavy atom. The monoisotopic (exact) mass is 410 g/mol. The van der Waals surface area contributed by atoms with E-state index in [-0.39, 0.29) is 5.54 Å². The molecule has 2 fully saturated rings. The van der Waals surface area contributed by atoms with Crippen LogP contribution in [0, 0.1) is 18.3 Å². The minimum Gasteiger partial charge on any atom is -0.366 e. The molecule has 7 heteroatoms. The largest absolute Gasteiger partial charge is 0.366 e. The molecule has 1 aromatic carbocycles. The van der Waals surface area contributed by atoms with Gasteiger partial charge in [0, 0.05) is 23.3 Å². The van der Waals surface area contributed by atoms with Crippen molar-refractivity contribution >= 4 is 29.1 Å². The number of piperidine rings is 1. The number of aromatic nitrogens is 2. The highest BCUT2D eigenvalue weighted by atomic mass is 35.5. The number of rotatable bonds is 4. The quantitative estimate of drug-likeness (QED) is 0.748. The zero-order chi connectivity index (χ0) is 20.6. The zero-order valence-corrected chi connectivity index (χ0v) is 17.9. The van der Waals surface area contributed by atoms with Gasteiger partial charge in [-0.05, 0) is 70.7 Å². The van der Waals surface area contributed by atoms with E-state index in [4.69, 9.17) is 11.6 Å². The number of halogens is 1. The van der Waals surface area contributed by atoms with Crippen molar-refractivity contribution in [3.05, 3.63) is 40.5 Å². The van der Waals surface area contributed by atoms with Crippen molar-refractivity contribution in [2.75, 3.05) is 17.2 Å². The molecule has 0 aliphatic carbocycles. The highest BCUT2D eigenvalue weighted by molar-refractivity contribution is 6.32. The second-order valence-corrected chi connectivity index (χ2v) is 9.15. The maximum absolute atomic E-state index is 9.24. The van der Waals surface area contributed by atoms with Crippen molar-refractivity contribution in [1.82, 2.24) is 14.9 Å². The molecule has 2 aliphatic rings. The van der Waals surface area contributed by atoms with E-state index in [9.17, 15) is 5.26 Å². The molecule has 0 unspecified atom stereocenters. The number of nitrogens with zero attached hydrogens (tertiary/aromatic N) is 4. The van der Waals surface area contributed by atoms with Crippen molar-refractivity contribution in [3.63, 3.8) is 0 Å². The van der Waals surface area contributed by atoms with Gasteiger partial charge in [0.05, 0.1) is 17.8 Å². The fourth-order valence-electron chi connectivity index (χ4n) is 4.79. The Balaban J connectivity index is 1.51. The average molecular weight is 411 g/mol. The number of anilines is 3. The summed E-state index contributed by atoms with van der Waals surface area (Å²) in [6, 6.07) is 8.79. The van der Waals surface area contributed by atoms with E-state index >= 15 is 0 Å². The Morgan fingerprint density at radius 1 is 1.34 bits per heavy atom. The Bertz CT molecular complexity index is 951. The molecule has 0 bridgehead atoms. The van der Waals surface area contributed by atoms with Crippen LogP contribution < -0.4 is 10.6 Å². The molecule has 2 atom stereocenters. The first-order valence-corrected chi connectivity index (χ1v) is 10.6. The molecule has 3 heterocycles. The van der Waals surface area contributed by atoms with Crippen molar-refractivity contribution in [1.29, 1.82) is 5.26 Å². The lowest BCUT2D eigenvalue weighted by molar-refractivity contribution is 0.0501. The Kier molecular flexibility index (Phi) is 5.37. The number of benzene rings is 1. The second kappa shape index (κ2) is 7.81. The van der Waals surface area contributed by atoms with E-state index in [0.29, 0.717) is 34.4 Å². The summed E-state index contributed by atoms with van der Waals surface area (Å²) in [6.07, 6.45) is 6.32. The number of hydrogen-bond donors (Lipinski definition) is 2. The van der Waals surface area contributed by atoms with Crippen LogP contribution in [0.1, 0.15) is 50.7 Å². The predicted molar refractivity (Wildman–Crippen MR) is 117 cm³/mol. The summed E-state index contributed by atoms with van der Waals surface area (Å²) in [7, 11) is 0. The number of nitriles is 1.